The van der Waals surface area contributed by atoms with Crippen LogP contribution in [-0.2, 0) is 9.84 Å². The molecular formula is C27H29N3O4S. The number of hydrogen-bond acceptors (Lipinski definition) is 5. The molecule has 1 fully saturated rings. The lowest BCUT2D eigenvalue weighted by Crippen LogP contribution is -2.38. The first-order valence-corrected chi connectivity index (χ1v) is 13.6. The molecule has 8 heteroatoms. The number of fused-ring (bicyclic) bond motifs is 3. The smallest absolute Gasteiger partial charge is 0.254 e. The number of aliphatic hydroxyl groups excluding tert-OH is 1. The van der Waals surface area contributed by atoms with Gasteiger partial charge in [0, 0.05) is 29.1 Å². The zero-order chi connectivity index (χ0) is 24.9. The molecule has 2 N–H and O–H groups in total. The zero-order valence-electron chi connectivity index (χ0n) is 20.1. The summed E-state index contributed by atoms with van der Waals surface area (Å²) in [6, 6.07) is 10.7. The number of aromatic nitrogens is 2. The van der Waals surface area contributed by atoms with Crippen molar-refractivity contribution in [3.05, 3.63) is 59.3 Å². The van der Waals surface area contributed by atoms with Gasteiger partial charge in [0.1, 0.15) is 5.65 Å². The monoisotopic (exact) mass is 491 g/mol. The van der Waals surface area contributed by atoms with Crippen LogP contribution in [0.25, 0.3) is 33.1 Å². The van der Waals surface area contributed by atoms with Crippen molar-refractivity contribution in [2.45, 2.75) is 44.6 Å². The SMILES string of the molecule is CCS(=O)(=O)c1cccc(-c2cc(C(=O)N3CCCC3CO)c(C)c3[nH]c4ncc(C)cc4c23)c1. The number of rotatable bonds is 5. The third-order valence-corrected chi connectivity index (χ3v) is 8.82. The maximum atomic E-state index is 13.7. The molecule has 1 aliphatic heterocycles. The molecule has 0 aliphatic carbocycles. The average molecular weight is 492 g/mol. The Hall–Kier alpha value is -3.23. The Labute approximate surface area is 204 Å². The second-order valence-corrected chi connectivity index (χ2v) is 11.6. The molecule has 0 saturated carbocycles. The van der Waals surface area contributed by atoms with E-state index in [1.807, 2.05) is 26.0 Å². The fourth-order valence-electron chi connectivity index (χ4n) is 5.12. The number of hydrogen-bond donors (Lipinski definition) is 2. The number of aryl methyl sites for hydroxylation is 2. The molecule has 1 unspecified atom stereocenters. The van der Waals surface area contributed by atoms with E-state index in [9.17, 15) is 18.3 Å². The van der Waals surface area contributed by atoms with Gasteiger partial charge in [0.25, 0.3) is 5.91 Å². The molecular weight excluding hydrogens is 462 g/mol. The lowest BCUT2D eigenvalue weighted by Gasteiger charge is -2.24. The fourth-order valence-corrected chi connectivity index (χ4v) is 6.04. The first-order valence-electron chi connectivity index (χ1n) is 11.9. The first kappa shape index (κ1) is 23.5. The van der Waals surface area contributed by atoms with Gasteiger partial charge in [-0.2, -0.15) is 0 Å². The molecule has 5 rings (SSSR count). The van der Waals surface area contributed by atoms with Crippen molar-refractivity contribution in [2.24, 2.45) is 0 Å². The van der Waals surface area contributed by atoms with Gasteiger partial charge in [-0.05, 0) is 73.2 Å². The highest BCUT2D eigenvalue weighted by Gasteiger charge is 2.31. The van der Waals surface area contributed by atoms with Gasteiger partial charge in [-0.1, -0.05) is 19.1 Å². The summed E-state index contributed by atoms with van der Waals surface area (Å²) in [5.41, 5.74) is 5.38. The van der Waals surface area contributed by atoms with Crippen LogP contribution >= 0.6 is 0 Å². The Bertz CT molecular complexity index is 1570. The van der Waals surface area contributed by atoms with E-state index in [0.29, 0.717) is 17.8 Å². The number of carbonyl (C=O) groups excluding carboxylic acids is 1. The van der Waals surface area contributed by atoms with Crippen LogP contribution in [0.1, 0.15) is 41.3 Å². The Kier molecular flexibility index (Phi) is 5.89. The second kappa shape index (κ2) is 8.77. The maximum absolute atomic E-state index is 13.7. The summed E-state index contributed by atoms with van der Waals surface area (Å²) < 4.78 is 25.3. The Balaban J connectivity index is 1.81. The number of amides is 1. The summed E-state index contributed by atoms with van der Waals surface area (Å²) >= 11 is 0. The standard InChI is InChI=1S/C27H29N3O4S/c1-4-35(33,34)20-9-5-7-18(12-20)22-13-21(27(32)30-10-6-8-19(30)15-31)17(3)25-24(22)23-11-16(2)14-28-26(23)29-25/h5,7,9,11-14,19,31H,4,6,8,10,15H2,1-3H3,(H,28,29). The number of benzene rings is 2. The minimum absolute atomic E-state index is 0.0111. The van der Waals surface area contributed by atoms with E-state index in [2.05, 4.69) is 16.0 Å². The minimum atomic E-state index is -3.40. The second-order valence-electron chi connectivity index (χ2n) is 9.29. The topological polar surface area (TPSA) is 103 Å². The molecule has 35 heavy (non-hydrogen) atoms. The molecule has 1 amide bonds. The van der Waals surface area contributed by atoms with Gasteiger partial charge in [0.05, 0.1) is 28.8 Å². The number of sulfone groups is 1. The largest absolute Gasteiger partial charge is 0.394 e. The third-order valence-electron chi connectivity index (χ3n) is 7.09. The number of carbonyl (C=O) groups is 1. The van der Waals surface area contributed by atoms with Gasteiger partial charge in [-0.3, -0.25) is 4.79 Å². The molecule has 1 atom stereocenters. The molecule has 0 bridgehead atoms. The van der Waals surface area contributed by atoms with Crippen molar-refractivity contribution in [2.75, 3.05) is 18.9 Å². The van der Waals surface area contributed by atoms with Crippen LogP contribution < -0.4 is 0 Å². The van der Waals surface area contributed by atoms with Crippen molar-refractivity contribution in [1.29, 1.82) is 0 Å². The van der Waals surface area contributed by atoms with E-state index in [-0.39, 0.29) is 29.2 Å². The van der Waals surface area contributed by atoms with E-state index in [1.165, 1.54) is 0 Å². The van der Waals surface area contributed by atoms with E-state index in [1.54, 1.807) is 36.2 Å². The van der Waals surface area contributed by atoms with Crippen LogP contribution in [0.3, 0.4) is 0 Å². The normalized spacial score (nSPS) is 16.5. The van der Waals surface area contributed by atoms with E-state index >= 15 is 0 Å². The average Bonchev–Trinajstić information content (AvgIpc) is 3.49. The van der Waals surface area contributed by atoms with Gasteiger partial charge < -0.3 is 15.0 Å². The molecule has 0 spiro atoms. The zero-order valence-corrected chi connectivity index (χ0v) is 20.9. The highest BCUT2D eigenvalue weighted by Crippen LogP contribution is 2.39. The van der Waals surface area contributed by atoms with Crippen molar-refractivity contribution >= 4 is 37.7 Å². The molecule has 1 saturated heterocycles. The predicted molar refractivity (Wildman–Crippen MR) is 137 cm³/mol. The quantitative estimate of drug-likeness (QED) is 0.431. The Morgan fingerprint density at radius 3 is 2.77 bits per heavy atom. The maximum Gasteiger partial charge on any atom is 0.254 e. The van der Waals surface area contributed by atoms with Crippen LogP contribution in [0.5, 0.6) is 0 Å². The summed E-state index contributed by atoms with van der Waals surface area (Å²) in [6.45, 7) is 6.07. The molecule has 1 aliphatic rings. The van der Waals surface area contributed by atoms with Gasteiger partial charge in [0.15, 0.2) is 9.84 Å². The molecule has 7 nitrogen and oxygen atoms in total. The lowest BCUT2D eigenvalue weighted by atomic mass is 9.93. The Morgan fingerprint density at radius 2 is 2.03 bits per heavy atom. The summed E-state index contributed by atoms with van der Waals surface area (Å²) in [5, 5.41) is 11.6. The summed E-state index contributed by atoms with van der Waals surface area (Å²) in [6.07, 6.45) is 3.43. The van der Waals surface area contributed by atoms with Crippen LogP contribution in [0, 0.1) is 13.8 Å². The van der Waals surface area contributed by atoms with Crippen molar-refractivity contribution < 1.29 is 18.3 Å². The van der Waals surface area contributed by atoms with Gasteiger partial charge in [-0.25, -0.2) is 13.4 Å². The first-order chi connectivity index (χ1) is 16.7. The molecule has 3 heterocycles. The van der Waals surface area contributed by atoms with Crippen molar-refractivity contribution in [3.8, 4) is 11.1 Å². The van der Waals surface area contributed by atoms with E-state index in [4.69, 9.17) is 0 Å². The molecule has 2 aromatic carbocycles. The number of aliphatic hydroxyl groups is 1. The predicted octanol–water partition coefficient (Wildman–Crippen LogP) is 4.39. The number of H-pyrrole nitrogens is 1. The van der Waals surface area contributed by atoms with Crippen LogP contribution in [-0.4, -0.2) is 59.2 Å². The lowest BCUT2D eigenvalue weighted by molar-refractivity contribution is 0.0677. The summed E-state index contributed by atoms with van der Waals surface area (Å²) in [5.74, 6) is -0.112. The number of nitrogens with zero attached hydrogens (tertiary/aromatic N) is 2. The number of likely N-dealkylation sites (tertiary alicyclic amines) is 1. The van der Waals surface area contributed by atoms with Crippen molar-refractivity contribution in [1.82, 2.24) is 14.9 Å². The van der Waals surface area contributed by atoms with E-state index < -0.39 is 9.84 Å². The molecule has 4 aromatic rings. The third kappa shape index (κ3) is 3.90. The fraction of sp³-hybridized carbons (Fsp3) is 0.333. The molecule has 182 valence electrons. The van der Waals surface area contributed by atoms with Gasteiger partial charge >= 0.3 is 0 Å². The van der Waals surface area contributed by atoms with E-state index in [0.717, 1.165) is 51.4 Å². The summed E-state index contributed by atoms with van der Waals surface area (Å²) in [4.78, 5) is 23.7. The van der Waals surface area contributed by atoms with Crippen LogP contribution in [0.15, 0.2) is 47.5 Å². The van der Waals surface area contributed by atoms with Gasteiger partial charge in [0.2, 0.25) is 0 Å². The minimum Gasteiger partial charge on any atom is -0.394 e. The van der Waals surface area contributed by atoms with Gasteiger partial charge in [-0.15, -0.1) is 0 Å². The van der Waals surface area contributed by atoms with Crippen LogP contribution in [0.2, 0.25) is 0 Å². The summed E-state index contributed by atoms with van der Waals surface area (Å²) in [7, 11) is -3.40. The molecule has 0 radical (unpaired) electrons. The van der Waals surface area contributed by atoms with Crippen molar-refractivity contribution in [3.63, 3.8) is 0 Å². The highest BCUT2D eigenvalue weighted by atomic mass is 32.2. The number of aromatic amines is 1. The van der Waals surface area contributed by atoms with Crippen LogP contribution in [0.4, 0.5) is 0 Å². The number of nitrogens with one attached hydrogen (secondary N) is 1. The Morgan fingerprint density at radius 1 is 1.23 bits per heavy atom. The highest BCUT2D eigenvalue weighted by molar-refractivity contribution is 7.91. The number of pyridine rings is 1. The molecule has 2 aromatic heterocycles.